The molecule has 4 heterocycles. The van der Waals surface area contributed by atoms with Crippen LogP contribution in [-0.4, -0.2) is 69.8 Å². The summed E-state index contributed by atoms with van der Waals surface area (Å²) in [6.07, 6.45) is 10.5. The Balaban J connectivity index is 0.00000225. The van der Waals surface area contributed by atoms with Crippen LogP contribution in [0.4, 0.5) is 5.82 Å². The van der Waals surface area contributed by atoms with Crippen LogP contribution < -0.4 is 15.5 Å². The Morgan fingerprint density at radius 1 is 1.29 bits per heavy atom. The molecule has 2 aliphatic rings. The molecule has 2 saturated heterocycles. The summed E-state index contributed by atoms with van der Waals surface area (Å²) < 4.78 is 1.93. The number of piperidine rings is 1. The van der Waals surface area contributed by atoms with Gasteiger partial charge in [-0.15, -0.1) is 34.2 Å². The Morgan fingerprint density at radius 3 is 3.00 bits per heavy atom. The van der Waals surface area contributed by atoms with Gasteiger partial charge in [-0.3, -0.25) is 9.39 Å². The summed E-state index contributed by atoms with van der Waals surface area (Å²) in [7, 11) is 1.85. The quantitative estimate of drug-likeness (QED) is 0.358. The molecule has 10 heteroatoms. The van der Waals surface area contributed by atoms with Crippen molar-refractivity contribution in [1.82, 2.24) is 30.2 Å². The minimum atomic E-state index is 0. The molecule has 0 aromatic carbocycles. The standard InChI is InChI=1S/C18H28N8S.HI/c1-19-18(22-11-15-5-3-9-27-15)21-10-14-4-2-7-25(12-14)16-17-24-23-13-26(17)8-6-20-16;/h6,8,13-15H,2-5,7,9-12H2,1H3,(H2,19,21,22);1H. The van der Waals surface area contributed by atoms with Crippen molar-refractivity contribution >= 4 is 53.2 Å². The molecule has 2 N–H and O–H groups in total. The maximum atomic E-state index is 4.57. The molecule has 2 aromatic heterocycles. The highest BCUT2D eigenvalue weighted by Gasteiger charge is 2.23. The first kappa shape index (κ1) is 21.4. The van der Waals surface area contributed by atoms with Gasteiger partial charge in [0.25, 0.3) is 0 Å². The fraction of sp³-hybridized carbons (Fsp3) is 0.667. The first-order valence-corrected chi connectivity index (χ1v) is 10.8. The van der Waals surface area contributed by atoms with Gasteiger partial charge in [0.15, 0.2) is 11.8 Å². The highest BCUT2D eigenvalue weighted by atomic mass is 127. The van der Waals surface area contributed by atoms with Crippen molar-refractivity contribution in [2.75, 3.05) is 43.9 Å². The highest BCUT2D eigenvalue weighted by Crippen LogP contribution is 2.25. The third-order valence-electron chi connectivity index (χ3n) is 5.32. The molecule has 0 saturated carbocycles. The zero-order valence-corrected chi connectivity index (χ0v) is 19.4. The van der Waals surface area contributed by atoms with Crippen LogP contribution in [0, 0.1) is 5.92 Å². The van der Waals surface area contributed by atoms with E-state index >= 15 is 0 Å². The Kier molecular flexibility index (Phi) is 8.00. The van der Waals surface area contributed by atoms with E-state index in [-0.39, 0.29) is 24.0 Å². The van der Waals surface area contributed by atoms with Crippen molar-refractivity contribution in [2.24, 2.45) is 10.9 Å². The number of guanidine groups is 1. The number of aromatic nitrogens is 4. The van der Waals surface area contributed by atoms with Gasteiger partial charge < -0.3 is 15.5 Å². The molecule has 0 spiro atoms. The van der Waals surface area contributed by atoms with Crippen LogP contribution in [-0.2, 0) is 0 Å². The predicted molar refractivity (Wildman–Crippen MR) is 126 cm³/mol. The maximum absolute atomic E-state index is 4.57. The van der Waals surface area contributed by atoms with Crippen LogP contribution in [0.2, 0.25) is 0 Å². The molecule has 2 unspecified atom stereocenters. The van der Waals surface area contributed by atoms with Crippen LogP contribution in [0.1, 0.15) is 25.7 Å². The van der Waals surface area contributed by atoms with Crippen molar-refractivity contribution in [3.8, 4) is 0 Å². The van der Waals surface area contributed by atoms with Gasteiger partial charge >= 0.3 is 0 Å². The average Bonchev–Trinajstić information content (AvgIpc) is 3.40. The van der Waals surface area contributed by atoms with Gasteiger partial charge in [0.1, 0.15) is 6.33 Å². The fourth-order valence-corrected chi connectivity index (χ4v) is 5.07. The maximum Gasteiger partial charge on any atom is 0.203 e. The lowest BCUT2D eigenvalue weighted by Crippen LogP contribution is -2.45. The molecule has 0 radical (unpaired) electrons. The Hall–Kier alpha value is -1.30. The molecule has 0 bridgehead atoms. The van der Waals surface area contributed by atoms with Crippen molar-refractivity contribution in [2.45, 2.75) is 30.9 Å². The number of thioether (sulfide) groups is 1. The molecule has 0 amide bonds. The van der Waals surface area contributed by atoms with E-state index < -0.39 is 0 Å². The zero-order chi connectivity index (χ0) is 18.5. The van der Waals surface area contributed by atoms with Gasteiger partial charge in [0, 0.05) is 50.9 Å². The van der Waals surface area contributed by atoms with Crippen molar-refractivity contribution in [3.63, 3.8) is 0 Å². The SMILES string of the molecule is CN=C(NCC1CCCN(c2nccn3cnnc23)C1)NCC1CCCS1.I. The lowest BCUT2D eigenvalue weighted by molar-refractivity contribution is 0.408. The Morgan fingerprint density at radius 2 is 2.18 bits per heavy atom. The van der Waals surface area contributed by atoms with Gasteiger partial charge in [0.2, 0.25) is 5.65 Å². The summed E-state index contributed by atoms with van der Waals surface area (Å²) in [5.74, 6) is 3.70. The lowest BCUT2D eigenvalue weighted by Gasteiger charge is -2.33. The summed E-state index contributed by atoms with van der Waals surface area (Å²) in [6, 6.07) is 0. The third kappa shape index (κ3) is 5.19. The summed E-state index contributed by atoms with van der Waals surface area (Å²) in [5, 5.41) is 16.0. The van der Waals surface area contributed by atoms with Crippen LogP contribution in [0.5, 0.6) is 0 Å². The van der Waals surface area contributed by atoms with Gasteiger partial charge in [-0.1, -0.05) is 0 Å². The minimum Gasteiger partial charge on any atom is -0.356 e. The summed E-state index contributed by atoms with van der Waals surface area (Å²) in [4.78, 5) is 11.3. The van der Waals surface area contributed by atoms with E-state index in [4.69, 9.17) is 0 Å². The zero-order valence-electron chi connectivity index (χ0n) is 16.3. The van der Waals surface area contributed by atoms with E-state index in [0.29, 0.717) is 5.92 Å². The second-order valence-electron chi connectivity index (χ2n) is 7.24. The smallest absolute Gasteiger partial charge is 0.203 e. The molecule has 154 valence electrons. The Labute approximate surface area is 187 Å². The van der Waals surface area contributed by atoms with E-state index in [1.807, 2.05) is 23.8 Å². The molecular weight excluding hydrogens is 487 g/mol. The first-order valence-electron chi connectivity index (χ1n) is 9.79. The number of fused-ring (bicyclic) bond motifs is 1. The second-order valence-corrected chi connectivity index (χ2v) is 8.64. The topological polar surface area (TPSA) is 82.7 Å². The monoisotopic (exact) mass is 516 g/mol. The minimum absolute atomic E-state index is 0. The molecule has 2 aliphatic heterocycles. The van der Waals surface area contributed by atoms with Gasteiger partial charge in [-0.05, 0) is 37.4 Å². The van der Waals surface area contributed by atoms with Gasteiger partial charge in [-0.25, -0.2) is 4.98 Å². The van der Waals surface area contributed by atoms with Crippen molar-refractivity contribution in [1.29, 1.82) is 0 Å². The number of nitrogens with one attached hydrogen (secondary N) is 2. The molecule has 28 heavy (non-hydrogen) atoms. The first-order chi connectivity index (χ1) is 13.3. The average molecular weight is 516 g/mol. The number of rotatable bonds is 5. The summed E-state index contributed by atoms with van der Waals surface area (Å²) in [5.41, 5.74) is 0.831. The molecule has 2 fully saturated rings. The van der Waals surface area contributed by atoms with Crippen LogP contribution in [0.25, 0.3) is 5.65 Å². The lowest BCUT2D eigenvalue weighted by atomic mass is 9.98. The van der Waals surface area contributed by atoms with Gasteiger partial charge in [0.05, 0.1) is 0 Å². The normalized spacial score (nSPS) is 22.9. The molecule has 0 aliphatic carbocycles. The molecule has 2 atom stereocenters. The number of nitrogens with zero attached hydrogens (tertiary/aromatic N) is 6. The number of halogens is 1. The molecule has 4 rings (SSSR count). The highest BCUT2D eigenvalue weighted by molar-refractivity contribution is 14.0. The van der Waals surface area contributed by atoms with E-state index in [2.05, 4.69) is 47.5 Å². The number of aliphatic imine (C=N–C) groups is 1. The van der Waals surface area contributed by atoms with Crippen molar-refractivity contribution < 1.29 is 0 Å². The number of anilines is 1. The second kappa shape index (κ2) is 10.5. The molecule has 8 nitrogen and oxygen atoms in total. The Bertz CT molecular complexity index is 776. The van der Waals surface area contributed by atoms with Gasteiger partial charge in [-0.2, -0.15) is 11.8 Å². The molecular formula is C18H29IN8S. The molecule has 2 aromatic rings. The predicted octanol–water partition coefficient (Wildman–Crippen LogP) is 2.02. The van der Waals surface area contributed by atoms with E-state index in [0.717, 1.165) is 55.3 Å². The van der Waals surface area contributed by atoms with E-state index in [1.54, 1.807) is 6.33 Å². The fourth-order valence-electron chi connectivity index (χ4n) is 3.87. The third-order valence-corrected chi connectivity index (χ3v) is 6.72. The number of hydrogen-bond donors (Lipinski definition) is 2. The van der Waals surface area contributed by atoms with E-state index in [9.17, 15) is 0 Å². The largest absolute Gasteiger partial charge is 0.356 e. The van der Waals surface area contributed by atoms with Crippen LogP contribution in [0.15, 0.2) is 23.7 Å². The number of hydrogen-bond acceptors (Lipinski definition) is 6. The van der Waals surface area contributed by atoms with Crippen LogP contribution in [0.3, 0.4) is 0 Å². The van der Waals surface area contributed by atoms with E-state index in [1.165, 1.54) is 25.0 Å². The summed E-state index contributed by atoms with van der Waals surface area (Å²) in [6.45, 7) is 3.91. The van der Waals surface area contributed by atoms with Crippen LogP contribution >= 0.6 is 35.7 Å². The summed E-state index contributed by atoms with van der Waals surface area (Å²) >= 11 is 2.07. The van der Waals surface area contributed by atoms with Crippen molar-refractivity contribution in [3.05, 3.63) is 18.7 Å².